The van der Waals surface area contributed by atoms with Crippen LogP contribution in [0, 0.1) is 11.3 Å². The zero-order chi connectivity index (χ0) is 11.4. The van der Waals surface area contributed by atoms with E-state index in [9.17, 15) is 0 Å². The fraction of sp³-hybridized carbons (Fsp3) is 0.167. The number of hydrogen-bond donors (Lipinski definition) is 0. The molecule has 0 aliphatic heterocycles. The number of benzene rings is 1. The van der Waals surface area contributed by atoms with Gasteiger partial charge < -0.3 is 0 Å². The fourth-order valence-electron chi connectivity index (χ4n) is 1.48. The summed E-state index contributed by atoms with van der Waals surface area (Å²) in [6.07, 6.45) is 4.13. The van der Waals surface area contributed by atoms with E-state index in [1.165, 1.54) is 0 Å². The van der Waals surface area contributed by atoms with Gasteiger partial charge in [-0.2, -0.15) is 10.4 Å². The van der Waals surface area contributed by atoms with Crippen molar-refractivity contribution in [3.63, 3.8) is 0 Å². The second-order valence-electron chi connectivity index (χ2n) is 3.38. The van der Waals surface area contributed by atoms with Gasteiger partial charge in [-0.05, 0) is 6.07 Å². The zero-order valence-electron chi connectivity index (χ0n) is 8.60. The summed E-state index contributed by atoms with van der Waals surface area (Å²) in [5, 5.41) is 13.4. The SMILES string of the molecule is N#CCCn1cc(-c2ccccc2Cl)cn1. The van der Waals surface area contributed by atoms with Gasteiger partial charge in [0.1, 0.15) is 0 Å². The number of aromatic nitrogens is 2. The van der Waals surface area contributed by atoms with E-state index in [4.69, 9.17) is 16.9 Å². The molecular formula is C12H10ClN3. The van der Waals surface area contributed by atoms with Crippen molar-refractivity contribution in [1.29, 1.82) is 5.26 Å². The number of aryl methyl sites for hydroxylation is 1. The maximum Gasteiger partial charge on any atom is 0.0641 e. The molecule has 4 heteroatoms. The Morgan fingerprint density at radius 1 is 1.38 bits per heavy atom. The first-order valence-electron chi connectivity index (χ1n) is 4.95. The Balaban J connectivity index is 2.26. The molecule has 1 aromatic carbocycles. The molecule has 2 rings (SSSR count). The van der Waals surface area contributed by atoms with Crippen LogP contribution in [0.25, 0.3) is 11.1 Å². The largest absolute Gasteiger partial charge is 0.271 e. The summed E-state index contributed by atoms with van der Waals surface area (Å²) in [5.74, 6) is 0. The molecule has 16 heavy (non-hydrogen) atoms. The van der Waals surface area contributed by atoms with Crippen LogP contribution in [0.1, 0.15) is 6.42 Å². The Kier molecular flexibility index (Phi) is 3.23. The Morgan fingerprint density at radius 2 is 2.19 bits per heavy atom. The summed E-state index contributed by atoms with van der Waals surface area (Å²) in [6.45, 7) is 0.612. The molecule has 0 fully saturated rings. The lowest BCUT2D eigenvalue weighted by Gasteiger charge is -1.99. The monoisotopic (exact) mass is 231 g/mol. The lowest BCUT2D eigenvalue weighted by molar-refractivity contribution is 0.628. The standard InChI is InChI=1S/C12H10ClN3/c13-12-5-2-1-4-11(12)10-8-15-16(9-10)7-3-6-14/h1-2,4-5,8-9H,3,7H2. The van der Waals surface area contributed by atoms with Crippen molar-refractivity contribution >= 4 is 11.6 Å². The summed E-state index contributed by atoms with van der Waals surface area (Å²) in [5.41, 5.74) is 1.94. The fourth-order valence-corrected chi connectivity index (χ4v) is 1.73. The first-order chi connectivity index (χ1) is 7.81. The Labute approximate surface area is 98.9 Å². The van der Waals surface area contributed by atoms with E-state index in [0.717, 1.165) is 11.1 Å². The van der Waals surface area contributed by atoms with Crippen LogP contribution in [-0.2, 0) is 6.54 Å². The van der Waals surface area contributed by atoms with Gasteiger partial charge >= 0.3 is 0 Å². The van der Waals surface area contributed by atoms with Gasteiger partial charge in [-0.1, -0.05) is 29.8 Å². The van der Waals surface area contributed by atoms with E-state index in [-0.39, 0.29) is 0 Å². The smallest absolute Gasteiger partial charge is 0.0641 e. The summed E-state index contributed by atoms with van der Waals surface area (Å²) in [7, 11) is 0. The highest BCUT2D eigenvalue weighted by molar-refractivity contribution is 6.33. The van der Waals surface area contributed by atoms with Crippen molar-refractivity contribution in [3.05, 3.63) is 41.7 Å². The van der Waals surface area contributed by atoms with Gasteiger partial charge in [-0.3, -0.25) is 4.68 Å². The average Bonchev–Trinajstić information content (AvgIpc) is 2.75. The van der Waals surface area contributed by atoms with E-state index in [1.54, 1.807) is 10.9 Å². The molecule has 0 radical (unpaired) electrons. The third-order valence-corrected chi connectivity index (χ3v) is 2.60. The second kappa shape index (κ2) is 4.82. The molecule has 0 aliphatic rings. The van der Waals surface area contributed by atoms with Gasteiger partial charge in [0.2, 0.25) is 0 Å². The molecule has 80 valence electrons. The Morgan fingerprint density at radius 3 is 2.94 bits per heavy atom. The molecule has 0 amide bonds. The Bertz CT molecular complexity index is 525. The highest BCUT2D eigenvalue weighted by Gasteiger charge is 2.04. The summed E-state index contributed by atoms with van der Waals surface area (Å²) >= 11 is 6.08. The van der Waals surface area contributed by atoms with Crippen LogP contribution in [0.2, 0.25) is 5.02 Å². The summed E-state index contributed by atoms with van der Waals surface area (Å²) in [6, 6.07) is 9.73. The minimum atomic E-state index is 0.462. The molecule has 0 atom stereocenters. The summed E-state index contributed by atoms with van der Waals surface area (Å²) in [4.78, 5) is 0. The predicted octanol–water partition coefficient (Wildman–Crippen LogP) is 3.12. The van der Waals surface area contributed by atoms with Crippen LogP contribution in [0.3, 0.4) is 0 Å². The molecule has 3 nitrogen and oxygen atoms in total. The minimum absolute atomic E-state index is 0.462. The molecule has 1 heterocycles. The molecule has 0 aliphatic carbocycles. The maximum atomic E-state index is 8.48. The normalized spacial score (nSPS) is 10.0. The number of nitrogens with zero attached hydrogens (tertiary/aromatic N) is 3. The van der Waals surface area contributed by atoms with Crippen molar-refractivity contribution in [2.45, 2.75) is 13.0 Å². The van der Waals surface area contributed by atoms with Crippen LogP contribution in [0.4, 0.5) is 0 Å². The van der Waals surface area contributed by atoms with Crippen molar-refractivity contribution in [2.24, 2.45) is 0 Å². The van der Waals surface area contributed by atoms with Gasteiger partial charge in [0, 0.05) is 22.3 Å². The van der Waals surface area contributed by atoms with Gasteiger partial charge in [0.25, 0.3) is 0 Å². The van der Waals surface area contributed by atoms with Gasteiger partial charge in [-0.25, -0.2) is 0 Å². The molecule has 0 saturated heterocycles. The lowest BCUT2D eigenvalue weighted by Crippen LogP contribution is -1.96. The van der Waals surface area contributed by atoms with Crippen molar-refractivity contribution in [2.75, 3.05) is 0 Å². The van der Waals surface area contributed by atoms with Gasteiger partial charge in [-0.15, -0.1) is 0 Å². The van der Waals surface area contributed by atoms with E-state index in [1.807, 2.05) is 30.5 Å². The first kappa shape index (κ1) is 10.7. The number of rotatable bonds is 3. The van der Waals surface area contributed by atoms with Crippen LogP contribution >= 0.6 is 11.6 Å². The molecule has 1 aromatic heterocycles. The van der Waals surface area contributed by atoms with Crippen LogP contribution in [0.5, 0.6) is 0 Å². The maximum absolute atomic E-state index is 8.48. The predicted molar refractivity (Wildman–Crippen MR) is 62.9 cm³/mol. The van der Waals surface area contributed by atoms with Crippen LogP contribution < -0.4 is 0 Å². The average molecular weight is 232 g/mol. The van der Waals surface area contributed by atoms with E-state index in [2.05, 4.69) is 11.2 Å². The molecule has 2 aromatic rings. The van der Waals surface area contributed by atoms with Crippen LogP contribution in [0.15, 0.2) is 36.7 Å². The van der Waals surface area contributed by atoms with E-state index < -0.39 is 0 Å². The molecule has 0 bridgehead atoms. The third-order valence-electron chi connectivity index (χ3n) is 2.27. The topological polar surface area (TPSA) is 41.6 Å². The minimum Gasteiger partial charge on any atom is -0.271 e. The molecule has 0 N–H and O–H groups in total. The lowest BCUT2D eigenvalue weighted by atomic mass is 10.1. The molecule has 0 saturated carbocycles. The van der Waals surface area contributed by atoms with Crippen LogP contribution in [-0.4, -0.2) is 9.78 Å². The molecular weight excluding hydrogens is 222 g/mol. The molecule has 0 spiro atoms. The number of nitriles is 1. The molecule has 0 unspecified atom stereocenters. The zero-order valence-corrected chi connectivity index (χ0v) is 9.35. The third kappa shape index (κ3) is 2.23. The first-order valence-corrected chi connectivity index (χ1v) is 5.33. The highest BCUT2D eigenvalue weighted by Crippen LogP contribution is 2.26. The second-order valence-corrected chi connectivity index (χ2v) is 3.79. The van der Waals surface area contributed by atoms with E-state index >= 15 is 0 Å². The van der Waals surface area contributed by atoms with Gasteiger partial charge in [0.05, 0.1) is 25.2 Å². The highest BCUT2D eigenvalue weighted by atomic mass is 35.5. The van der Waals surface area contributed by atoms with Crippen molar-refractivity contribution < 1.29 is 0 Å². The quantitative estimate of drug-likeness (QED) is 0.815. The van der Waals surface area contributed by atoms with E-state index in [0.29, 0.717) is 18.0 Å². The van der Waals surface area contributed by atoms with Crippen molar-refractivity contribution in [3.8, 4) is 17.2 Å². The van der Waals surface area contributed by atoms with Gasteiger partial charge in [0.15, 0.2) is 0 Å². The van der Waals surface area contributed by atoms with Crippen molar-refractivity contribution in [1.82, 2.24) is 9.78 Å². The number of hydrogen-bond acceptors (Lipinski definition) is 2. The number of halogens is 1. The Hall–Kier alpha value is -1.79. The summed E-state index contributed by atoms with van der Waals surface area (Å²) < 4.78 is 1.75.